The largest absolute Gasteiger partial charge is 0.409 e. The van der Waals surface area contributed by atoms with Crippen LogP contribution in [0.1, 0.15) is 20.8 Å². The third-order valence-electron chi connectivity index (χ3n) is 2.55. The van der Waals surface area contributed by atoms with E-state index in [1.807, 2.05) is 6.92 Å². The molecule has 1 aromatic carbocycles. The highest BCUT2D eigenvalue weighted by atomic mass is 32.1. The Morgan fingerprint density at radius 2 is 2.32 bits per heavy atom. The molecule has 0 aliphatic carbocycles. The van der Waals surface area contributed by atoms with Gasteiger partial charge in [0.25, 0.3) is 5.91 Å². The average molecular weight is 276 g/mol. The standard InChI is InChI=1S/C12H12N4O2S/c1-7-2-3-8(11(13)16-18)4-9(7)15-12(17)10-5-14-6-19-10/h2-6,18H,1H3,(H2,13,16)(H,15,17). The average Bonchev–Trinajstić information content (AvgIpc) is 2.94. The summed E-state index contributed by atoms with van der Waals surface area (Å²) in [5, 5.41) is 14.4. The molecular formula is C12H12N4O2S. The molecule has 7 heteroatoms. The van der Waals surface area contributed by atoms with Crippen LogP contribution in [0.2, 0.25) is 0 Å². The van der Waals surface area contributed by atoms with Gasteiger partial charge in [-0.1, -0.05) is 17.3 Å². The van der Waals surface area contributed by atoms with Crippen LogP contribution in [0.25, 0.3) is 0 Å². The minimum atomic E-state index is -0.234. The molecule has 0 aliphatic heterocycles. The predicted molar refractivity (Wildman–Crippen MR) is 73.8 cm³/mol. The quantitative estimate of drug-likeness (QED) is 0.344. The minimum Gasteiger partial charge on any atom is -0.409 e. The van der Waals surface area contributed by atoms with Gasteiger partial charge in [-0.25, -0.2) is 0 Å². The summed E-state index contributed by atoms with van der Waals surface area (Å²) in [4.78, 5) is 16.3. The SMILES string of the molecule is Cc1ccc(/C(N)=N/O)cc1NC(=O)c1cncs1. The van der Waals surface area contributed by atoms with Gasteiger partial charge < -0.3 is 16.3 Å². The Hall–Kier alpha value is -2.41. The van der Waals surface area contributed by atoms with E-state index in [9.17, 15) is 4.79 Å². The van der Waals surface area contributed by atoms with Crippen LogP contribution in [0.3, 0.4) is 0 Å². The first kappa shape index (κ1) is 13.0. The number of aromatic nitrogens is 1. The number of amides is 1. The first-order valence-corrected chi connectivity index (χ1v) is 6.28. The molecule has 2 rings (SSSR count). The molecule has 0 fully saturated rings. The Kier molecular flexibility index (Phi) is 3.76. The zero-order chi connectivity index (χ0) is 13.8. The van der Waals surface area contributed by atoms with Gasteiger partial charge in [0.1, 0.15) is 4.88 Å². The molecule has 4 N–H and O–H groups in total. The fourth-order valence-electron chi connectivity index (χ4n) is 1.49. The van der Waals surface area contributed by atoms with Gasteiger partial charge >= 0.3 is 0 Å². The van der Waals surface area contributed by atoms with Gasteiger partial charge in [-0.2, -0.15) is 0 Å². The number of carbonyl (C=O) groups excluding carboxylic acids is 1. The van der Waals surface area contributed by atoms with Crippen molar-refractivity contribution in [3.05, 3.63) is 45.9 Å². The number of amidine groups is 1. The fraction of sp³-hybridized carbons (Fsp3) is 0.0833. The number of aryl methyl sites for hydroxylation is 1. The lowest BCUT2D eigenvalue weighted by Crippen LogP contribution is -2.15. The van der Waals surface area contributed by atoms with Crippen LogP contribution in [0, 0.1) is 6.92 Å². The number of carbonyl (C=O) groups is 1. The Morgan fingerprint density at radius 3 is 2.95 bits per heavy atom. The van der Waals surface area contributed by atoms with E-state index in [0.717, 1.165) is 5.56 Å². The molecule has 0 saturated heterocycles. The van der Waals surface area contributed by atoms with Gasteiger partial charge in [-0.3, -0.25) is 9.78 Å². The number of nitrogens with one attached hydrogen (secondary N) is 1. The summed E-state index contributed by atoms with van der Waals surface area (Å²) >= 11 is 1.26. The van der Waals surface area contributed by atoms with Gasteiger partial charge in [0, 0.05) is 11.3 Å². The molecule has 2 aromatic rings. The van der Waals surface area contributed by atoms with Crippen molar-refractivity contribution in [3.8, 4) is 0 Å². The molecule has 0 bridgehead atoms. The normalized spacial score (nSPS) is 11.3. The second-order valence-corrected chi connectivity index (χ2v) is 4.72. The van der Waals surface area contributed by atoms with Gasteiger partial charge in [0.2, 0.25) is 0 Å². The number of nitrogens with two attached hydrogens (primary N) is 1. The lowest BCUT2D eigenvalue weighted by Gasteiger charge is -2.09. The highest BCUT2D eigenvalue weighted by molar-refractivity contribution is 7.11. The first-order chi connectivity index (χ1) is 9.11. The van der Waals surface area contributed by atoms with Gasteiger partial charge in [-0.15, -0.1) is 11.3 Å². The number of anilines is 1. The van der Waals surface area contributed by atoms with Crippen molar-refractivity contribution in [2.75, 3.05) is 5.32 Å². The summed E-state index contributed by atoms with van der Waals surface area (Å²) < 4.78 is 0. The summed E-state index contributed by atoms with van der Waals surface area (Å²) in [6, 6.07) is 5.16. The molecule has 0 saturated carbocycles. The molecule has 0 spiro atoms. The maximum atomic E-state index is 11.9. The van der Waals surface area contributed by atoms with Crippen LogP contribution in [0.15, 0.2) is 35.1 Å². The summed E-state index contributed by atoms with van der Waals surface area (Å²) in [5.74, 6) is -0.240. The molecule has 1 amide bonds. The molecular weight excluding hydrogens is 264 g/mol. The zero-order valence-corrected chi connectivity index (χ0v) is 10.9. The Morgan fingerprint density at radius 1 is 1.53 bits per heavy atom. The van der Waals surface area contributed by atoms with Gasteiger partial charge in [-0.05, 0) is 18.6 Å². The molecule has 0 atom stereocenters. The van der Waals surface area contributed by atoms with E-state index in [1.54, 1.807) is 23.7 Å². The van der Waals surface area contributed by atoms with Crippen molar-refractivity contribution in [2.24, 2.45) is 10.9 Å². The molecule has 0 unspecified atom stereocenters. The smallest absolute Gasteiger partial charge is 0.267 e. The topological polar surface area (TPSA) is 101 Å². The van der Waals surface area contributed by atoms with E-state index in [0.29, 0.717) is 16.1 Å². The van der Waals surface area contributed by atoms with Crippen LogP contribution in [0.5, 0.6) is 0 Å². The second kappa shape index (κ2) is 5.49. The fourth-order valence-corrected chi connectivity index (χ4v) is 2.00. The summed E-state index contributed by atoms with van der Waals surface area (Å²) in [6.45, 7) is 1.86. The lowest BCUT2D eigenvalue weighted by molar-refractivity contribution is 0.103. The van der Waals surface area contributed by atoms with Gasteiger partial charge in [0.05, 0.1) is 11.7 Å². The van der Waals surface area contributed by atoms with Crippen LogP contribution >= 0.6 is 11.3 Å². The first-order valence-electron chi connectivity index (χ1n) is 5.40. The number of rotatable bonds is 3. The lowest BCUT2D eigenvalue weighted by atomic mass is 10.1. The number of hydrogen-bond donors (Lipinski definition) is 3. The predicted octanol–water partition coefficient (Wildman–Crippen LogP) is 1.80. The van der Waals surface area contributed by atoms with E-state index in [2.05, 4.69) is 15.5 Å². The molecule has 0 aliphatic rings. The Labute approximate surface area is 113 Å². The van der Waals surface area contributed by atoms with E-state index in [-0.39, 0.29) is 11.7 Å². The van der Waals surface area contributed by atoms with Crippen molar-refractivity contribution in [3.63, 3.8) is 0 Å². The van der Waals surface area contributed by atoms with Crippen LogP contribution < -0.4 is 11.1 Å². The van der Waals surface area contributed by atoms with E-state index >= 15 is 0 Å². The Balaban J connectivity index is 2.27. The van der Waals surface area contributed by atoms with Crippen LogP contribution in [0.4, 0.5) is 5.69 Å². The van der Waals surface area contributed by atoms with E-state index < -0.39 is 0 Å². The molecule has 1 heterocycles. The number of nitrogens with zero attached hydrogens (tertiary/aromatic N) is 2. The van der Waals surface area contributed by atoms with Crippen molar-refractivity contribution >= 4 is 28.8 Å². The third-order valence-corrected chi connectivity index (χ3v) is 3.32. The minimum absolute atomic E-state index is 0.00621. The van der Waals surface area contributed by atoms with Gasteiger partial charge in [0.15, 0.2) is 5.84 Å². The number of benzene rings is 1. The number of oxime groups is 1. The Bertz CT molecular complexity index is 623. The van der Waals surface area contributed by atoms with E-state index in [1.165, 1.54) is 17.5 Å². The number of hydrogen-bond acceptors (Lipinski definition) is 5. The maximum absolute atomic E-state index is 11.9. The molecule has 1 aromatic heterocycles. The zero-order valence-electron chi connectivity index (χ0n) is 10.1. The molecule has 0 radical (unpaired) electrons. The molecule has 98 valence electrons. The van der Waals surface area contributed by atoms with Crippen molar-refractivity contribution in [1.29, 1.82) is 0 Å². The third kappa shape index (κ3) is 2.89. The molecule has 6 nitrogen and oxygen atoms in total. The summed E-state index contributed by atoms with van der Waals surface area (Å²) in [7, 11) is 0. The molecule has 19 heavy (non-hydrogen) atoms. The second-order valence-electron chi connectivity index (χ2n) is 3.83. The van der Waals surface area contributed by atoms with Crippen molar-refractivity contribution in [1.82, 2.24) is 4.98 Å². The highest BCUT2D eigenvalue weighted by Gasteiger charge is 2.10. The monoisotopic (exact) mass is 276 g/mol. The van der Waals surface area contributed by atoms with Crippen LogP contribution in [-0.2, 0) is 0 Å². The van der Waals surface area contributed by atoms with Crippen LogP contribution in [-0.4, -0.2) is 21.9 Å². The maximum Gasteiger partial charge on any atom is 0.267 e. The summed E-state index contributed by atoms with van der Waals surface area (Å²) in [5.41, 5.74) is 9.14. The van der Waals surface area contributed by atoms with Crippen molar-refractivity contribution < 1.29 is 10.0 Å². The highest BCUT2D eigenvalue weighted by Crippen LogP contribution is 2.18. The van der Waals surface area contributed by atoms with Crippen molar-refractivity contribution in [2.45, 2.75) is 6.92 Å². The summed E-state index contributed by atoms with van der Waals surface area (Å²) in [6.07, 6.45) is 1.50. The van der Waals surface area contributed by atoms with E-state index in [4.69, 9.17) is 10.9 Å². The number of thiazole rings is 1.